The van der Waals surface area contributed by atoms with Gasteiger partial charge in [0.2, 0.25) is 10.0 Å². The predicted molar refractivity (Wildman–Crippen MR) is 98.2 cm³/mol. The second-order valence-corrected chi connectivity index (χ2v) is 11.4. The van der Waals surface area contributed by atoms with Crippen LogP contribution in [0.5, 0.6) is 0 Å². The lowest BCUT2D eigenvalue weighted by atomic mass is 10.0. The van der Waals surface area contributed by atoms with E-state index in [2.05, 4.69) is 10.0 Å². The van der Waals surface area contributed by atoms with Gasteiger partial charge in [0.05, 0.1) is 21.9 Å². The van der Waals surface area contributed by atoms with Crippen molar-refractivity contribution in [1.82, 2.24) is 10.0 Å². The Morgan fingerprint density at radius 1 is 1.23 bits per heavy atom. The number of sulfone groups is 1. The molecule has 144 valence electrons. The van der Waals surface area contributed by atoms with E-state index in [-0.39, 0.29) is 28.0 Å². The number of carbonyl (C=O) groups is 1. The molecule has 7 nitrogen and oxygen atoms in total. The second kappa shape index (κ2) is 6.94. The Kier molecular flexibility index (Phi) is 5.15. The minimum atomic E-state index is -3.69. The molecule has 1 saturated carbocycles. The van der Waals surface area contributed by atoms with Crippen molar-refractivity contribution < 1.29 is 21.6 Å². The molecule has 2 aliphatic rings. The molecule has 1 heterocycles. The molecule has 0 bridgehead atoms. The number of nitrogens with one attached hydrogen (secondary N) is 2. The number of sulfonamides is 1. The third-order valence-corrected chi connectivity index (χ3v) is 8.42. The van der Waals surface area contributed by atoms with Crippen molar-refractivity contribution in [3.63, 3.8) is 0 Å². The molecule has 3 rings (SSSR count). The summed E-state index contributed by atoms with van der Waals surface area (Å²) in [6.07, 6.45) is 4.02. The molecule has 1 atom stereocenters. The van der Waals surface area contributed by atoms with Crippen molar-refractivity contribution in [3.8, 4) is 0 Å². The van der Waals surface area contributed by atoms with Crippen LogP contribution in [-0.4, -0.2) is 45.8 Å². The minimum absolute atomic E-state index is 0.0428. The Bertz CT molecular complexity index is 905. The van der Waals surface area contributed by atoms with Gasteiger partial charge in [-0.25, -0.2) is 21.6 Å². The summed E-state index contributed by atoms with van der Waals surface area (Å²) in [5.41, 5.74) is -0.628. The van der Waals surface area contributed by atoms with Crippen molar-refractivity contribution in [3.05, 3.63) is 29.8 Å². The lowest BCUT2D eigenvalue weighted by molar-refractivity contribution is 0.0915. The van der Waals surface area contributed by atoms with E-state index in [9.17, 15) is 21.6 Å². The number of rotatable bonds is 5. The monoisotopic (exact) mass is 400 g/mol. The maximum atomic E-state index is 12.5. The van der Waals surface area contributed by atoms with Crippen LogP contribution in [0, 0.1) is 0 Å². The highest BCUT2D eigenvalue weighted by atomic mass is 32.2. The second-order valence-electron chi connectivity index (χ2n) is 7.49. The lowest BCUT2D eigenvalue weighted by Crippen LogP contribution is -2.47. The van der Waals surface area contributed by atoms with E-state index >= 15 is 0 Å². The van der Waals surface area contributed by atoms with Gasteiger partial charge in [-0.1, -0.05) is 18.9 Å². The van der Waals surface area contributed by atoms with E-state index in [0.29, 0.717) is 6.42 Å². The summed E-state index contributed by atoms with van der Waals surface area (Å²) >= 11 is 0. The Hall–Kier alpha value is -1.45. The molecular weight excluding hydrogens is 376 g/mol. The molecule has 1 amide bonds. The summed E-state index contributed by atoms with van der Waals surface area (Å²) in [5, 5.41) is 2.75. The Labute approximate surface area is 154 Å². The van der Waals surface area contributed by atoms with E-state index in [1.807, 2.05) is 0 Å². The number of hydrogen-bond donors (Lipinski definition) is 2. The van der Waals surface area contributed by atoms with Crippen LogP contribution < -0.4 is 10.0 Å². The molecule has 1 unspecified atom stereocenters. The van der Waals surface area contributed by atoms with Crippen molar-refractivity contribution in [2.45, 2.75) is 55.5 Å². The topological polar surface area (TPSA) is 109 Å². The first-order chi connectivity index (χ1) is 12.1. The van der Waals surface area contributed by atoms with Gasteiger partial charge in [0, 0.05) is 11.6 Å². The van der Waals surface area contributed by atoms with Gasteiger partial charge >= 0.3 is 0 Å². The van der Waals surface area contributed by atoms with Gasteiger partial charge in [0.15, 0.2) is 9.84 Å². The lowest BCUT2D eigenvalue weighted by Gasteiger charge is -2.24. The van der Waals surface area contributed by atoms with Gasteiger partial charge in [-0.05, 0) is 44.4 Å². The van der Waals surface area contributed by atoms with E-state index in [1.165, 1.54) is 24.3 Å². The van der Waals surface area contributed by atoms with Crippen LogP contribution in [0.2, 0.25) is 0 Å². The zero-order valence-electron chi connectivity index (χ0n) is 14.7. The highest BCUT2D eigenvalue weighted by Crippen LogP contribution is 2.24. The molecular formula is C17H24N2O5S2. The van der Waals surface area contributed by atoms with Crippen molar-refractivity contribution in [1.29, 1.82) is 0 Å². The van der Waals surface area contributed by atoms with Crippen molar-refractivity contribution in [2.24, 2.45) is 0 Å². The minimum Gasteiger partial charge on any atom is -0.346 e. The van der Waals surface area contributed by atoms with Gasteiger partial charge in [-0.3, -0.25) is 4.79 Å². The number of benzene rings is 1. The molecule has 2 N–H and O–H groups in total. The first-order valence-electron chi connectivity index (χ1n) is 8.74. The SMILES string of the molecule is CC1(NC(=O)c2cccc(S(=O)(=O)NC3CCCC3)c2)CCS(=O)(=O)C1. The summed E-state index contributed by atoms with van der Waals surface area (Å²) in [6.45, 7) is 1.69. The van der Waals surface area contributed by atoms with Gasteiger partial charge in [-0.15, -0.1) is 0 Å². The predicted octanol–water partition coefficient (Wildman–Crippen LogP) is 1.21. The zero-order chi connectivity index (χ0) is 19.0. The normalized spacial score (nSPS) is 26.0. The third-order valence-electron chi connectivity index (χ3n) is 5.00. The van der Waals surface area contributed by atoms with Crippen LogP contribution in [0.3, 0.4) is 0 Å². The molecule has 1 aromatic carbocycles. The van der Waals surface area contributed by atoms with E-state index in [4.69, 9.17) is 0 Å². The van der Waals surface area contributed by atoms with Crippen LogP contribution in [0.4, 0.5) is 0 Å². The van der Waals surface area contributed by atoms with Crippen LogP contribution in [0.25, 0.3) is 0 Å². The van der Waals surface area contributed by atoms with Crippen LogP contribution in [0.15, 0.2) is 29.2 Å². The highest BCUT2D eigenvalue weighted by molar-refractivity contribution is 7.91. The maximum absolute atomic E-state index is 12.5. The number of carbonyl (C=O) groups excluding carboxylic acids is 1. The quantitative estimate of drug-likeness (QED) is 0.772. The zero-order valence-corrected chi connectivity index (χ0v) is 16.3. The third kappa shape index (κ3) is 4.44. The van der Waals surface area contributed by atoms with Crippen molar-refractivity contribution >= 4 is 25.8 Å². The van der Waals surface area contributed by atoms with Gasteiger partial charge in [0.1, 0.15) is 0 Å². The fourth-order valence-corrected chi connectivity index (χ4v) is 7.03. The number of hydrogen-bond acceptors (Lipinski definition) is 5. The van der Waals surface area contributed by atoms with E-state index in [0.717, 1.165) is 25.7 Å². The average molecular weight is 401 g/mol. The molecule has 26 heavy (non-hydrogen) atoms. The van der Waals surface area contributed by atoms with Crippen LogP contribution in [0.1, 0.15) is 49.4 Å². The molecule has 1 aliphatic carbocycles. The fourth-order valence-electron chi connectivity index (χ4n) is 3.59. The fraction of sp³-hybridized carbons (Fsp3) is 0.588. The summed E-state index contributed by atoms with van der Waals surface area (Å²) in [4.78, 5) is 12.6. The molecule has 1 aliphatic heterocycles. The summed E-state index contributed by atoms with van der Waals surface area (Å²) < 4.78 is 51.1. The van der Waals surface area contributed by atoms with Gasteiger partial charge in [-0.2, -0.15) is 0 Å². The molecule has 0 spiro atoms. The molecule has 9 heteroatoms. The summed E-state index contributed by atoms with van der Waals surface area (Å²) in [6, 6.07) is 5.78. The maximum Gasteiger partial charge on any atom is 0.251 e. The highest BCUT2D eigenvalue weighted by Gasteiger charge is 2.39. The largest absolute Gasteiger partial charge is 0.346 e. The number of amides is 1. The Morgan fingerprint density at radius 2 is 1.92 bits per heavy atom. The Morgan fingerprint density at radius 3 is 2.54 bits per heavy atom. The standard InChI is InChI=1S/C17H24N2O5S2/c1-17(9-10-25(21,22)12-17)18-16(20)13-5-4-8-15(11-13)26(23,24)19-14-6-2-3-7-14/h4-5,8,11,14,19H,2-3,6-7,9-10,12H2,1H3,(H,18,20). The van der Waals surface area contributed by atoms with Crippen LogP contribution >= 0.6 is 0 Å². The summed E-state index contributed by atoms with van der Waals surface area (Å²) in [7, 11) is -6.83. The molecule has 0 radical (unpaired) electrons. The smallest absolute Gasteiger partial charge is 0.251 e. The van der Waals surface area contributed by atoms with Gasteiger partial charge in [0.25, 0.3) is 5.91 Å². The average Bonchev–Trinajstić information content (AvgIpc) is 3.14. The van der Waals surface area contributed by atoms with E-state index in [1.54, 1.807) is 6.92 Å². The molecule has 1 aromatic rings. The Balaban J connectivity index is 1.75. The van der Waals surface area contributed by atoms with Gasteiger partial charge < -0.3 is 5.32 Å². The molecule has 0 aromatic heterocycles. The summed E-state index contributed by atoms with van der Waals surface area (Å²) in [5.74, 6) is -0.529. The first kappa shape index (κ1) is 19.3. The van der Waals surface area contributed by atoms with Crippen LogP contribution in [-0.2, 0) is 19.9 Å². The molecule has 1 saturated heterocycles. The first-order valence-corrected chi connectivity index (χ1v) is 12.0. The molecule has 2 fully saturated rings. The van der Waals surface area contributed by atoms with Crippen molar-refractivity contribution in [2.75, 3.05) is 11.5 Å². The van der Waals surface area contributed by atoms with E-state index < -0.39 is 31.3 Å².